The Labute approximate surface area is 103 Å². The van der Waals surface area contributed by atoms with Gasteiger partial charge in [0.15, 0.2) is 0 Å². The monoisotopic (exact) mass is 231 g/mol. The molecule has 1 saturated heterocycles. The van der Waals surface area contributed by atoms with E-state index in [-0.39, 0.29) is 5.41 Å². The number of benzene rings is 1. The maximum atomic E-state index is 12.5. The predicted molar refractivity (Wildman–Crippen MR) is 70.0 cm³/mol. The van der Waals surface area contributed by atoms with Crippen molar-refractivity contribution in [1.29, 1.82) is 0 Å². The molecular formula is C15H21NO. The number of nitrogens with one attached hydrogen (secondary N) is 1. The molecule has 0 amide bonds. The lowest BCUT2D eigenvalue weighted by atomic mass is 9.72. The van der Waals surface area contributed by atoms with Gasteiger partial charge in [-0.1, -0.05) is 37.3 Å². The van der Waals surface area contributed by atoms with Crippen LogP contribution in [0.4, 0.5) is 0 Å². The van der Waals surface area contributed by atoms with Crippen LogP contribution >= 0.6 is 0 Å². The third-order valence-electron chi connectivity index (χ3n) is 4.04. The summed E-state index contributed by atoms with van der Waals surface area (Å²) in [6, 6.07) is 10.1. The maximum Gasteiger partial charge on any atom is 0.143 e. The average Bonchev–Trinajstić information content (AvgIpc) is 2.40. The molecule has 0 saturated carbocycles. The number of ketones is 1. The molecule has 1 aliphatic rings. The first-order valence-corrected chi connectivity index (χ1v) is 6.55. The van der Waals surface area contributed by atoms with Crippen LogP contribution in [0.15, 0.2) is 30.3 Å². The predicted octanol–water partition coefficient (Wildman–Crippen LogP) is 2.58. The van der Waals surface area contributed by atoms with Gasteiger partial charge in [-0.3, -0.25) is 4.79 Å². The Morgan fingerprint density at radius 3 is 2.47 bits per heavy atom. The van der Waals surface area contributed by atoms with Crippen molar-refractivity contribution in [3.8, 4) is 0 Å². The molecule has 1 N–H and O–H groups in total. The Kier molecular flexibility index (Phi) is 3.95. The highest BCUT2D eigenvalue weighted by molar-refractivity contribution is 5.86. The summed E-state index contributed by atoms with van der Waals surface area (Å²) in [5.74, 6) is 0.424. The first kappa shape index (κ1) is 12.3. The van der Waals surface area contributed by atoms with E-state index in [0.29, 0.717) is 12.2 Å². The third kappa shape index (κ3) is 2.75. The third-order valence-corrected chi connectivity index (χ3v) is 4.04. The molecule has 1 heterocycles. The number of hydrogen-bond donors (Lipinski definition) is 1. The van der Waals surface area contributed by atoms with Crippen molar-refractivity contribution in [2.75, 3.05) is 13.1 Å². The Hall–Kier alpha value is -1.15. The fourth-order valence-corrected chi connectivity index (χ4v) is 2.70. The van der Waals surface area contributed by atoms with Crippen LogP contribution in [0.25, 0.3) is 0 Å². The molecule has 0 unspecified atom stereocenters. The normalized spacial score (nSPS) is 18.9. The largest absolute Gasteiger partial charge is 0.317 e. The highest BCUT2D eigenvalue weighted by Crippen LogP contribution is 2.34. The van der Waals surface area contributed by atoms with Gasteiger partial charge in [-0.15, -0.1) is 0 Å². The minimum absolute atomic E-state index is 0.0684. The molecule has 17 heavy (non-hydrogen) atoms. The lowest BCUT2D eigenvalue weighted by Crippen LogP contribution is -2.42. The zero-order valence-corrected chi connectivity index (χ0v) is 10.5. The van der Waals surface area contributed by atoms with Crippen molar-refractivity contribution >= 4 is 5.78 Å². The summed E-state index contributed by atoms with van der Waals surface area (Å²) in [6.07, 6.45) is 3.55. The van der Waals surface area contributed by atoms with Gasteiger partial charge in [0.25, 0.3) is 0 Å². The standard InChI is InChI=1S/C15H21NO/c1-2-15(8-10-16-11-9-15)14(17)12-13-6-4-3-5-7-13/h3-7,16H,2,8-12H2,1H3. The molecule has 0 radical (unpaired) electrons. The van der Waals surface area contributed by atoms with E-state index in [1.807, 2.05) is 30.3 Å². The SMILES string of the molecule is CCC1(C(=O)Cc2ccccc2)CCNCC1. The van der Waals surface area contributed by atoms with Crippen molar-refractivity contribution < 1.29 is 4.79 Å². The molecule has 1 aromatic carbocycles. The molecule has 1 fully saturated rings. The van der Waals surface area contributed by atoms with E-state index in [2.05, 4.69) is 12.2 Å². The lowest BCUT2D eigenvalue weighted by Gasteiger charge is -2.35. The molecule has 1 aromatic rings. The van der Waals surface area contributed by atoms with E-state index < -0.39 is 0 Å². The van der Waals surface area contributed by atoms with Gasteiger partial charge >= 0.3 is 0 Å². The van der Waals surface area contributed by atoms with Gasteiger partial charge in [0.1, 0.15) is 5.78 Å². The van der Waals surface area contributed by atoms with Crippen LogP contribution in [0.3, 0.4) is 0 Å². The van der Waals surface area contributed by atoms with Crippen LogP contribution in [0.5, 0.6) is 0 Å². The van der Waals surface area contributed by atoms with Gasteiger partial charge in [0, 0.05) is 11.8 Å². The van der Waals surface area contributed by atoms with Gasteiger partial charge in [-0.05, 0) is 37.9 Å². The Morgan fingerprint density at radius 1 is 1.24 bits per heavy atom. The topological polar surface area (TPSA) is 29.1 Å². The van der Waals surface area contributed by atoms with Crippen LogP contribution < -0.4 is 5.32 Å². The first-order valence-electron chi connectivity index (χ1n) is 6.55. The summed E-state index contributed by atoms with van der Waals surface area (Å²) in [5.41, 5.74) is 1.07. The highest BCUT2D eigenvalue weighted by atomic mass is 16.1. The fourth-order valence-electron chi connectivity index (χ4n) is 2.70. The van der Waals surface area contributed by atoms with Crippen molar-refractivity contribution in [3.63, 3.8) is 0 Å². The second kappa shape index (κ2) is 5.46. The molecule has 0 aromatic heterocycles. The second-order valence-electron chi connectivity index (χ2n) is 4.97. The van der Waals surface area contributed by atoms with E-state index in [1.54, 1.807) is 0 Å². The van der Waals surface area contributed by atoms with E-state index in [9.17, 15) is 4.79 Å². The number of carbonyl (C=O) groups is 1. The molecule has 2 heteroatoms. The van der Waals surface area contributed by atoms with Crippen LogP contribution in [0.1, 0.15) is 31.7 Å². The van der Waals surface area contributed by atoms with E-state index >= 15 is 0 Å². The van der Waals surface area contributed by atoms with Crippen LogP contribution in [0.2, 0.25) is 0 Å². The van der Waals surface area contributed by atoms with Gasteiger partial charge in [-0.25, -0.2) is 0 Å². The molecule has 0 atom stereocenters. The fraction of sp³-hybridized carbons (Fsp3) is 0.533. The summed E-state index contributed by atoms with van der Waals surface area (Å²) in [4.78, 5) is 12.5. The molecule has 92 valence electrons. The van der Waals surface area contributed by atoms with Crippen molar-refractivity contribution in [3.05, 3.63) is 35.9 Å². The van der Waals surface area contributed by atoms with Crippen LogP contribution in [-0.4, -0.2) is 18.9 Å². The smallest absolute Gasteiger partial charge is 0.143 e. The number of Topliss-reactive ketones (excluding diaryl/α,β-unsaturated/α-hetero) is 1. The molecule has 2 nitrogen and oxygen atoms in total. The summed E-state index contributed by atoms with van der Waals surface area (Å²) in [5, 5.41) is 3.34. The quantitative estimate of drug-likeness (QED) is 0.863. The van der Waals surface area contributed by atoms with Crippen LogP contribution in [-0.2, 0) is 11.2 Å². The molecule has 2 rings (SSSR count). The Balaban J connectivity index is 2.07. The van der Waals surface area contributed by atoms with Crippen molar-refractivity contribution in [1.82, 2.24) is 5.32 Å². The van der Waals surface area contributed by atoms with Gasteiger partial charge in [0.05, 0.1) is 0 Å². The highest BCUT2D eigenvalue weighted by Gasteiger charge is 2.36. The number of hydrogen-bond acceptors (Lipinski definition) is 2. The van der Waals surface area contributed by atoms with E-state index in [4.69, 9.17) is 0 Å². The average molecular weight is 231 g/mol. The summed E-state index contributed by atoms with van der Waals surface area (Å²) >= 11 is 0. The summed E-state index contributed by atoms with van der Waals surface area (Å²) < 4.78 is 0. The maximum absolute atomic E-state index is 12.5. The minimum atomic E-state index is -0.0684. The number of piperidine rings is 1. The molecule has 0 spiro atoms. The van der Waals surface area contributed by atoms with Gasteiger partial charge < -0.3 is 5.32 Å². The Bertz CT molecular complexity index is 366. The van der Waals surface area contributed by atoms with E-state index in [0.717, 1.165) is 37.9 Å². The second-order valence-corrected chi connectivity index (χ2v) is 4.97. The number of rotatable bonds is 4. The van der Waals surface area contributed by atoms with Crippen molar-refractivity contribution in [2.24, 2.45) is 5.41 Å². The minimum Gasteiger partial charge on any atom is -0.317 e. The van der Waals surface area contributed by atoms with E-state index in [1.165, 1.54) is 0 Å². The Morgan fingerprint density at radius 2 is 1.88 bits per heavy atom. The molecular weight excluding hydrogens is 210 g/mol. The first-order chi connectivity index (χ1) is 8.27. The van der Waals surface area contributed by atoms with Crippen molar-refractivity contribution in [2.45, 2.75) is 32.6 Å². The van der Waals surface area contributed by atoms with Gasteiger partial charge in [0.2, 0.25) is 0 Å². The summed E-state index contributed by atoms with van der Waals surface area (Å²) in [7, 11) is 0. The molecule has 0 bridgehead atoms. The van der Waals surface area contributed by atoms with Crippen LogP contribution in [0, 0.1) is 5.41 Å². The number of carbonyl (C=O) groups excluding carboxylic acids is 1. The summed E-state index contributed by atoms with van der Waals surface area (Å²) in [6.45, 7) is 4.11. The zero-order valence-electron chi connectivity index (χ0n) is 10.5. The lowest BCUT2D eigenvalue weighted by molar-refractivity contribution is -0.129. The van der Waals surface area contributed by atoms with Gasteiger partial charge in [-0.2, -0.15) is 0 Å². The molecule has 1 aliphatic heterocycles. The zero-order chi connectivity index (χ0) is 12.1. The molecule has 0 aliphatic carbocycles.